The molecule has 0 aromatic carbocycles. The molecule has 5 heteroatoms. The van der Waals surface area contributed by atoms with Crippen molar-refractivity contribution in [3.63, 3.8) is 0 Å². The summed E-state index contributed by atoms with van der Waals surface area (Å²) in [5.74, 6) is -0.586. The summed E-state index contributed by atoms with van der Waals surface area (Å²) in [4.78, 5) is 24.1. The molecule has 0 spiro atoms. The first kappa shape index (κ1) is 49.9. The van der Waals surface area contributed by atoms with Crippen LogP contribution in [0.2, 0.25) is 0 Å². The van der Waals surface area contributed by atoms with Gasteiger partial charge in [-0.25, -0.2) is 0 Å². The minimum absolute atomic E-state index is 0.0590. The molecule has 0 radical (unpaired) electrons. The number of esters is 2. The van der Waals surface area contributed by atoms with Crippen LogP contribution in [0.25, 0.3) is 0 Å². The normalized spacial score (nSPS) is 12.0. The van der Waals surface area contributed by atoms with Gasteiger partial charge < -0.3 is 14.6 Å². The summed E-state index contributed by atoms with van der Waals surface area (Å²) in [6.07, 6.45) is 49.6. The Labute approximate surface area is 319 Å². The second kappa shape index (κ2) is 43.3. The number of hydrogen-bond donors (Lipinski definition) is 1. The van der Waals surface area contributed by atoms with Gasteiger partial charge in [-0.2, -0.15) is 0 Å². The van der Waals surface area contributed by atoms with Crippen LogP contribution in [0.4, 0.5) is 0 Å². The molecule has 0 aromatic heterocycles. The number of hydrogen-bond acceptors (Lipinski definition) is 5. The second-order valence-corrected chi connectivity index (χ2v) is 15.9. The van der Waals surface area contributed by atoms with E-state index < -0.39 is 6.10 Å². The third-order valence-corrected chi connectivity index (χ3v) is 10.7. The first-order valence-corrected chi connectivity index (χ1v) is 23.1. The Morgan fingerprint density at radius 1 is 0.373 bits per heavy atom. The number of carbonyl (C=O) groups is 2. The van der Waals surface area contributed by atoms with Gasteiger partial charge in [0, 0.05) is 12.8 Å². The van der Waals surface area contributed by atoms with Crippen molar-refractivity contribution in [2.75, 3.05) is 13.2 Å². The van der Waals surface area contributed by atoms with E-state index in [2.05, 4.69) is 13.8 Å². The van der Waals surface area contributed by atoms with Crippen LogP contribution in [0.1, 0.15) is 264 Å². The molecular weight excluding hydrogens is 633 g/mol. The third kappa shape index (κ3) is 41.5. The zero-order valence-corrected chi connectivity index (χ0v) is 34.6. The van der Waals surface area contributed by atoms with E-state index in [0.717, 1.165) is 38.5 Å². The van der Waals surface area contributed by atoms with E-state index in [4.69, 9.17) is 9.47 Å². The van der Waals surface area contributed by atoms with Gasteiger partial charge in [0.1, 0.15) is 6.61 Å². The number of carbonyl (C=O) groups excluding carboxylic acids is 2. The van der Waals surface area contributed by atoms with E-state index in [-0.39, 0.29) is 25.2 Å². The molecule has 0 aliphatic carbocycles. The van der Waals surface area contributed by atoms with Crippen LogP contribution in [0, 0.1) is 0 Å². The molecule has 0 amide bonds. The predicted molar refractivity (Wildman–Crippen MR) is 219 cm³/mol. The van der Waals surface area contributed by atoms with Gasteiger partial charge >= 0.3 is 11.9 Å². The molecule has 1 atom stereocenters. The maximum Gasteiger partial charge on any atom is 0.306 e. The molecular formula is C46H90O5. The molecule has 0 fully saturated rings. The number of aliphatic hydroxyl groups is 1. The minimum Gasteiger partial charge on any atom is -0.462 e. The molecule has 0 aromatic rings. The molecule has 1 N–H and O–H groups in total. The Hall–Kier alpha value is -1.10. The Balaban J connectivity index is 3.31. The Morgan fingerprint density at radius 2 is 0.608 bits per heavy atom. The molecule has 304 valence electrons. The van der Waals surface area contributed by atoms with Gasteiger partial charge in [0.25, 0.3) is 0 Å². The van der Waals surface area contributed by atoms with Crippen molar-refractivity contribution in [3.8, 4) is 0 Å². The van der Waals surface area contributed by atoms with Crippen LogP contribution in [0.5, 0.6) is 0 Å². The number of ether oxygens (including phenoxy) is 2. The third-order valence-electron chi connectivity index (χ3n) is 10.7. The van der Waals surface area contributed by atoms with Gasteiger partial charge in [0.2, 0.25) is 0 Å². The van der Waals surface area contributed by atoms with Crippen LogP contribution in [-0.4, -0.2) is 36.4 Å². The molecule has 0 saturated heterocycles. The lowest BCUT2D eigenvalue weighted by molar-refractivity contribution is -0.161. The fourth-order valence-electron chi connectivity index (χ4n) is 7.15. The minimum atomic E-state index is -0.760. The lowest BCUT2D eigenvalue weighted by Gasteiger charge is -2.15. The lowest BCUT2D eigenvalue weighted by Crippen LogP contribution is -2.28. The van der Waals surface area contributed by atoms with Gasteiger partial charge in [-0.05, 0) is 12.8 Å². The van der Waals surface area contributed by atoms with Crippen molar-refractivity contribution in [2.45, 2.75) is 270 Å². The van der Waals surface area contributed by atoms with E-state index in [9.17, 15) is 14.7 Å². The average molecular weight is 723 g/mol. The molecule has 5 nitrogen and oxygen atoms in total. The Kier molecular flexibility index (Phi) is 42.4. The summed E-state index contributed by atoms with van der Waals surface area (Å²) in [5.41, 5.74) is 0. The smallest absolute Gasteiger partial charge is 0.306 e. The monoisotopic (exact) mass is 723 g/mol. The molecule has 0 aliphatic heterocycles. The van der Waals surface area contributed by atoms with E-state index in [0.29, 0.717) is 12.8 Å². The summed E-state index contributed by atoms with van der Waals surface area (Å²) in [6, 6.07) is 0. The first-order chi connectivity index (χ1) is 25.1. The van der Waals surface area contributed by atoms with E-state index in [1.807, 2.05) is 0 Å². The highest BCUT2D eigenvalue weighted by atomic mass is 16.6. The Morgan fingerprint density at radius 3 is 0.863 bits per heavy atom. The molecule has 0 heterocycles. The van der Waals surface area contributed by atoms with Crippen molar-refractivity contribution in [3.05, 3.63) is 0 Å². The highest BCUT2D eigenvalue weighted by molar-refractivity contribution is 5.70. The van der Waals surface area contributed by atoms with Crippen molar-refractivity contribution in [1.82, 2.24) is 0 Å². The first-order valence-electron chi connectivity index (χ1n) is 23.1. The zero-order chi connectivity index (χ0) is 37.1. The molecule has 1 unspecified atom stereocenters. The summed E-state index contributed by atoms with van der Waals surface area (Å²) in [6.45, 7) is 4.10. The highest BCUT2D eigenvalue weighted by Gasteiger charge is 2.16. The Bertz CT molecular complexity index is 695. The average Bonchev–Trinajstić information content (AvgIpc) is 3.13. The lowest BCUT2D eigenvalue weighted by atomic mass is 10.0. The van der Waals surface area contributed by atoms with Gasteiger partial charge in [-0.3, -0.25) is 9.59 Å². The van der Waals surface area contributed by atoms with Crippen molar-refractivity contribution in [2.24, 2.45) is 0 Å². The molecule has 0 bridgehead atoms. The number of rotatable bonds is 43. The largest absolute Gasteiger partial charge is 0.462 e. The van der Waals surface area contributed by atoms with Crippen molar-refractivity contribution in [1.29, 1.82) is 0 Å². The van der Waals surface area contributed by atoms with Gasteiger partial charge in [-0.1, -0.05) is 239 Å². The SMILES string of the molecule is CCCCCCCCCCCCCCCCCCCCCCCCCCCCCCCCCC(=O)OC(CO)COC(=O)CCCCCCCC. The second-order valence-electron chi connectivity index (χ2n) is 15.9. The van der Waals surface area contributed by atoms with E-state index >= 15 is 0 Å². The quantitative estimate of drug-likeness (QED) is 0.0501. The molecule has 0 saturated carbocycles. The number of aliphatic hydroxyl groups excluding tert-OH is 1. The topological polar surface area (TPSA) is 72.8 Å². The van der Waals surface area contributed by atoms with Crippen molar-refractivity contribution >= 4 is 11.9 Å². The maximum atomic E-state index is 12.1. The van der Waals surface area contributed by atoms with Crippen molar-refractivity contribution < 1.29 is 24.2 Å². The highest BCUT2D eigenvalue weighted by Crippen LogP contribution is 2.17. The fourth-order valence-corrected chi connectivity index (χ4v) is 7.15. The molecule has 0 aliphatic rings. The van der Waals surface area contributed by atoms with Crippen LogP contribution in [-0.2, 0) is 19.1 Å². The summed E-state index contributed by atoms with van der Waals surface area (Å²) >= 11 is 0. The van der Waals surface area contributed by atoms with Gasteiger partial charge in [0.05, 0.1) is 6.61 Å². The van der Waals surface area contributed by atoms with Crippen LogP contribution >= 0.6 is 0 Å². The summed E-state index contributed by atoms with van der Waals surface area (Å²) in [7, 11) is 0. The molecule has 51 heavy (non-hydrogen) atoms. The van der Waals surface area contributed by atoms with E-state index in [1.165, 1.54) is 199 Å². The van der Waals surface area contributed by atoms with E-state index in [1.54, 1.807) is 0 Å². The van der Waals surface area contributed by atoms with Crippen LogP contribution < -0.4 is 0 Å². The zero-order valence-electron chi connectivity index (χ0n) is 34.6. The molecule has 0 rings (SSSR count). The fraction of sp³-hybridized carbons (Fsp3) is 0.957. The van der Waals surface area contributed by atoms with Gasteiger partial charge in [-0.15, -0.1) is 0 Å². The van der Waals surface area contributed by atoms with Crippen LogP contribution in [0.15, 0.2) is 0 Å². The summed E-state index contributed by atoms with van der Waals surface area (Å²) < 4.78 is 10.5. The summed E-state index contributed by atoms with van der Waals surface area (Å²) in [5, 5.41) is 9.50. The standard InChI is InChI=1S/C46H90O5/c1-3-5-7-9-11-12-13-14-15-16-17-18-19-20-21-22-23-24-25-26-27-28-29-30-31-32-33-34-35-37-39-41-46(49)51-44(42-47)43-50-45(48)40-38-36-10-8-6-4-2/h44,47H,3-43H2,1-2H3. The predicted octanol–water partition coefficient (Wildman–Crippen LogP) is 14.7. The maximum absolute atomic E-state index is 12.1. The number of unbranched alkanes of at least 4 members (excludes halogenated alkanes) is 35. The van der Waals surface area contributed by atoms with Crippen LogP contribution in [0.3, 0.4) is 0 Å². The van der Waals surface area contributed by atoms with Gasteiger partial charge in [0.15, 0.2) is 6.10 Å².